The molecule has 1 heterocycles. The highest BCUT2D eigenvalue weighted by atomic mass is 16.4. The molecule has 1 amide bonds. The summed E-state index contributed by atoms with van der Waals surface area (Å²) in [6.07, 6.45) is 1.40. The van der Waals surface area contributed by atoms with Crippen LogP contribution >= 0.6 is 0 Å². The van der Waals surface area contributed by atoms with E-state index < -0.39 is 11.4 Å². The van der Waals surface area contributed by atoms with Gasteiger partial charge in [0.1, 0.15) is 28.6 Å². The number of aliphatic hydroxyl groups is 1. The Morgan fingerprint density at radius 3 is 2.63 bits per heavy atom. The minimum absolute atomic E-state index is 0.0743. The number of rotatable bonds is 7. The second kappa shape index (κ2) is 8.98. The first-order valence-corrected chi connectivity index (χ1v) is 10.8. The molecule has 1 aliphatic rings. The number of carboxylic acid groups (broad SMARTS) is 1. The zero-order valence-corrected chi connectivity index (χ0v) is 18.9. The van der Waals surface area contributed by atoms with Gasteiger partial charge in [0.2, 0.25) is 5.91 Å². The number of nitrogen functional groups attached to an aromatic ring is 1. The van der Waals surface area contributed by atoms with Crippen LogP contribution in [0.15, 0.2) is 59.9 Å². The highest BCUT2D eigenvalue weighted by Crippen LogP contribution is 2.45. The standard InChI is InChI=1S/C25H25N5O5/c1-13(31)28-12-25(24-29-18-7-6-15(23(26)27)10-19(18)30-24)11-14(9-21(33)34)8-17(22(25)35)16-4-2-3-5-20(16)32/h2-7,10-11,32,35H,8-9,12H2,1H3,(H3,26,27)(H,28,31)(H,29,30)(H,33,34). The number of carbonyl (C=O) groups excluding carboxylic acids is 1. The third-order valence-corrected chi connectivity index (χ3v) is 6.00. The number of amidine groups is 1. The van der Waals surface area contributed by atoms with Gasteiger partial charge < -0.3 is 31.4 Å². The van der Waals surface area contributed by atoms with Gasteiger partial charge in [-0.3, -0.25) is 15.0 Å². The summed E-state index contributed by atoms with van der Waals surface area (Å²) in [5.74, 6) is -1.53. The monoisotopic (exact) mass is 475 g/mol. The molecule has 0 saturated carbocycles. The number of aromatic amines is 1. The third kappa shape index (κ3) is 4.45. The molecule has 0 spiro atoms. The maximum Gasteiger partial charge on any atom is 0.307 e. The largest absolute Gasteiger partial charge is 0.511 e. The lowest BCUT2D eigenvalue weighted by atomic mass is 9.73. The number of fused-ring (bicyclic) bond motifs is 1. The van der Waals surface area contributed by atoms with Crippen molar-refractivity contribution >= 4 is 34.3 Å². The van der Waals surface area contributed by atoms with Crippen molar-refractivity contribution in [3.63, 3.8) is 0 Å². The number of nitrogens with two attached hydrogens (primary N) is 1. The molecule has 2 aromatic carbocycles. The Morgan fingerprint density at radius 1 is 1.23 bits per heavy atom. The molecule has 1 unspecified atom stereocenters. The van der Waals surface area contributed by atoms with E-state index in [1.807, 2.05) is 0 Å². The van der Waals surface area contributed by atoms with E-state index in [0.29, 0.717) is 33.3 Å². The van der Waals surface area contributed by atoms with Gasteiger partial charge in [-0.2, -0.15) is 0 Å². The first kappa shape index (κ1) is 23.6. The number of allylic oxidation sites excluding steroid dienone is 1. The molecule has 1 aromatic heterocycles. The summed E-state index contributed by atoms with van der Waals surface area (Å²) in [6.45, 7) is 1.22. The maximum absolute atomic E-state index is 11.9. The Kier molecular flexibility index (Phi) is 6.04. The summed E-state index contributed by atoms with van der Waals surface area (Å²) in [5.41, 5.74) is 6.86. The number of aromatic hydroxyl groups is 1. The second-order valence-corrected chi connectivity index (χ2v) is 8.51. The first-order chi connectivity index (χ1) is 16.6. The van der Waals surface area contributed by atoms with E-state index in [2.05, 4.69) is 15.3 Å². The summed E-state index contributed by atoms with van der Waals surface area (Å²) < 4.78 is 0. The summed E-state index contributed by atoms with van der Waals surface area (Å²) >= 11 is 0. The molecule has 8 N–H and O–H groups in total. The van der Waals surface area contributed by atoms with Crippen LogP contribution in [0.4, 0.5) is 0 Å². The smallest absolute Gasteiger partial charge is 0.307 e. The Bertz CT molecular complexity index is 1420. The van der Waals surface area contributed by atoms with Crippen LogP contribution in [0.3, 0.4) is 0 Å². The number of carboxylic acids is 1. The highest BCUT2D eigenvalue weighted by Gasteiger charge is 2.43. The van der Waals surface area contributed by atoms with E-state index >= 15 is 0 Å². The van der Waals surface area contributed by atoms with Gasteiger partial charge in [-0.05, 0) is 30.7 Å². The molecule has 1 atom stereocenters. The summed E-state index contributed by atoms with van der Waals surface area (Å²) in [6, 6.07) is 11.4. The summed E-state index contributed by atoms with van der Waals surface area (Å²) in [4.78, 5) is 31.3. The molecular weight excluding hydrogens is 450 g/mol. The topological polar surface area (TPSA) is 185 Å². The average molecular weight is 476 g/mol. The number of phenolic OH excluding ortho intramolecular Hbond substituents is 1. The zero-order chi connectivity index (χ0) is 25.3. The van der Waals surface area contributed by atoms with Crippen molar-refractivity contribution < 1.29 is 24.9 Å². The number of aromatic nitrogens is 2. The number of hydrogen-bond acceptors (Lipinski definition) is 6. The zero-order valence-electron chi connectivity index (χ0n) is 18.9. The maximum atomic E-state index is 11.9. The molecular formula is C25H25N5O5. The van der Waals surface area contributed by atoms with Gasteiger partial charge in [0, 0.05) is 30.2 Å². The number of H-pyrrole nitrogens is 1. The molecule has 180 valence electrons. The molecule has 0 aliphatic heterocycles. The molecule has 3 aromatic rings. The van der Waals surface area contributed by atoms with E-state index in [0.717, 1.165) is 0 Å². The van der Waals surface area contributed by atoms with Crippen LogP contribution in [0.2, 0.25) is 0 Å². The Hall–Kier alpha value is -4.60. The molecule has 0 radical (unpaired) electrons. The van der Waals surface area contributed by atoms with Crippen molar-refractivity contribution in [2.75, 3.05) is 6.54 Å². The number of imidazole rings is 1. The predicted octanol–water partition coefficient (Wildman–Crippen LogP) is 2.70. The van der Waals surface area contributed by atoms with Gasteiger partial charge in [0.15, 0.2) is 0 Å². The van der Waals surface area contributed by atoms with Crippen molar-refractivity contribution in [1.29, 1.82) is 5.41 Å². The Balaban J connectivity index is 1.99. The van der Waals surface area contributed by atoms with Crippen molar-refractivity contribution in [2.45, 2.75) is 25.2 Å². The number of carbonyl (C=O) groups is 2. The van der Waals surface area contributed by atoms with Crippen molar-refractivity contribution in [1.82, 2.24) is 15.3 Å². The van der Waals surface area contributed by atoms with Gasteiger partial charge >= 0.3 is 5.97 Å². The van der Waals surface area contributed by atoms with E-state index in [4.69, 9.17) is 11.1 Å². The minimum atomic E-state index is -1.44. The van der Waals surface area contributed by atoms with Crippen LogP contribution in [-0.4, -0.2) is 49.5 Å². The van der Waals surface area contributed by atoms with Crippen LogP contribution in [0.25, 0.3) is 16.6 Å². The highest BCUT2D eigenvalue weighted by molar-refractivity contribution is 5.98. The molecule has 35 heavy (non-hydrogen) atoms. The fraction of sp³-hybridized carbons (Fsp3) is 0.200. The van der Waals surface area contributed by atoms with Gasteiger partial charge in [-0.25, -0.2) is 4.98 Å². The van der Waals surface area contributed by atoms with Crippen LogP contribution in [0.1, 0.15) is 36.7 Å². The number of benzene rings is 2. The lowest BCUT2D eigenvalue weighted by Crippen LogP contribution is -2.43. The quantitative estimate of drug-likeness (QED) is 0.155. The van der Waals surface area contributed by atoms with E-state index in [1.165, 1.54) is 13.0 Å². The number of nitrogens with one attached hydrogen (secondary N) is 3. The number of hydrogen-bond donors (Lipinski definition) is 7. The van der Waals surface area contributed by atoms with Crippen LogP contribution < -0.4 is 11.1 Å². The van der Waals surface area contributed by atoms with Crippen LogP contribution in [0.5, 0.6) is 5.75 Å². The number of para-hydroxylation sites is 1. The first-order valence-electron chi connectivity index (χ1n) is 10.8. The molecule has 0 bridgehead atoms. The molecule has 1 aliphatic carbocycles. The molecule has 10 heteroatoms. The number of aliphatic carboxylic acids is 1. The lowest BCUT2D eigenvalue weighted by Gasteiger charge is -2.35. The van der Waals surface area contributed by atoms with Crippen molar-refractivity contribution in [3.8, 4) is 5.75 Å². The van der Waals surface area contributed by atoms with Crippen molar-refractivity contribution in [3.05, 3.63) is 76.8 Å². The number of phenols is 1. The number of aliphatic hydroxyl groups excluding tert-OH is 1. The van der Waals surface area contributed by atoms with Gasteiger partial charge in [0.05, 0.1) is 17.5 Å². The van der Waals surface area contributed by atoms with E-state index in [-0.39, 0.29) is 48.5 Å². The van der Waals surface area contributed by atoms with Crippen molar-refractivity contribution in [2.24, 2.45) is 5.73 Å². The molecule has 0 saturated heterocycles. The fourth-order valence-corrected chi connectivity index (χ4v) is 4.35. The number of nitrogens with zero attached hydrogens (tertiary/aromatic N) is 1. The molecule has 0 fully saturated rings. The Labute approximate surface area is 200 Å². The minimum Gasteiger partial charge on any atom is -0.511 e. The Morgan fingerprint density at radius 2 is 1.97 bits per heavy atom. The summed E-state index contributed by atoms with van der Waals surface area (Å²) in [7, 11) is 0. The van der Waals surface area contributed by atoms with E-state index in [9.17, 15) is 24.9 Å². The fourth-order valence-electron chi connectivity index (χ4n) is 4.35. The van der Waals surface area contributed by atoms with E-state index in [1.54, 1.807) is 42.5 Å². The lowest BCUT2D eigenvalue weighted by molar-refractivity contribution is -0.136. The SMILES string of the molecule is CC(=O)NCC1(c2nc3cc(C(=N)N)ccc3[nH]2)C=C(CC(=O)O)CC(c2ccccc2O)=C1O. The van der Waals surface area contributed by atoms with Gasteiger partial charge in [-0.1, -0.05) is 29.8 Å². The number of amides is 1. The summed E-state index contributed by atoms with van der Waals surface area (Å²) in [5, 5.41) is 42.1. The van der Waals surface area contributed by atoms with Gasteiger partial charge in [0.25, 0.3) is 0 Å². The molecule has 4 rings (SSSR count). The van der Waals surface area contributed by atoms with Gasteiger partial charge in [-0.15, -0.1) is 0 Å². The second-order valence-electron chi connectivity index (χ2n) is 8.51. The molecule has 10 nitrogen and oxygen atoms in total. The third-order valence-electron chi connectivity index (χ3n) is 6.00. The normalized spacial score (nSPS) is 17.8. The van der Waals surface area contributed by atoms with Crippen LogP contribution in [0, 0.1) is 5.41 Å². The van der Waals surface area contributed by atoms with Crippen LogP contribution in [-0.2, 0) is 15.0 Å². The average Bonchev–Trinajstić information content (AvgIpc) is 3.23. The predicted molar refractivity (Wildman–Crippen MR) is 130 cm³/mol.